The number of carbonyl (C=O) groups is 1. The van der Waals surface area contributed by atoms with Crippen molar-refractivity contribution in [2.75, 3.05) is 11.5 Å². The van der Waals surface area contributed by atoms with Crippen molar-refractivity contribution in [3.05, 3.63) is 11.9 Å². The molecule has 0 aliphatic carbocycles. The van der Waals surface area contributed by atoms with E-state index in [4.69, 9.17) is 5.11 Å². The van der Waals surface area contributed by atoms with Gasteiger partial charge in [-0.1, -0.05) is 5.21 Å². The Labute approximate surface area is 85.6 Å². The average Bonchev–Trinajstić information content (AvgIpc) is 2.70. The van der Waals surface area contributed by atoms with Crippen LogP contribution in [0.3, 0.4) is 0 Å². The van der Waals surface area contributed by atoms with Crippen LogP contribution in [-0.4, -0.2) is 46.0 Å². The van der Waals surface area contributed by atoms with Crippen LogP contribution in [0.15, 0.2) is 6.20 Å². The molecule has 2 rings (SSSR count). The predicted molar refractivity (Wildman–Crippen MR) is 49.3 cm³/mol. The second kappa shape index (κ2) is 3.30. The van der Waals surface area contributed by atoms with E-state index in [0.29, 0.717) is 6.42 Å². The van der Waals surface area contributed by atoms with Crippen LogP contribution in [-0.2, 0) is 9.84 Å². The standard InChI is InChI=1S/C7H9N3O4S/c11-7(12)6-3-10(9-8-6)5-1-2-15(13,14)4-5/h3,5H,1-2,4H2,(H,11,12). The van der Waals surface area contributed by atoms with E-state index < -0.39 is 15.8 Å². The second-order valence-electron chi connectivity index (χ2n) is 3.45. The summed E-state index contributed by atoms with van der Waals surface area (Å²) >= 11 is 0. The predicted octanol–water partition coefficient (Wildman–Crippen LogP) is -0.664. The van der Waals surface area contributed by atoms with Crippen LogP contribution in [0.2, 0.25) is 0 Å². The zero-order chi connectivity index (χ0) is 11.1. The summed E-state index contributed by atoms with van der Waals surface area (Å²) in [5.74, 6) is -1.03. The molecule has 1 atom stereocenters. The Morgan fingerprint density at radius 3 is 2.80 bits per heavy atom. The number of sulfone groups is 1. The third kappa shape index (κ3) is 1.99. The number of hydrogen-bond donors (Lipinski definition) is 1. The molecule has 1 aromatic rings. The van der Waals surface area contributed by atoms with Gasteiger partial charge in [0.2, 0.25) is 0 Å². The lowest BCUT2D eigenvalue weighted by Gasteiger charge is -2.05. The van der Waals surface area contributed by atoms with Gasteiger partial charge in [0.1, 0.15) is 0 Å². The normalized spacial score (nSPS) is 24.1. The van der Waals surface area contributed by atoms with Crippen molar-refractivity contribution >= 4 is 15.8 Å². The van der Waals surface area contributed by atoms with Gasteiger partial charge in [0, 0.05) is 0 Å². The Balaban J connectivity index is 2.21. The molecular formula is C7H9N3O4S. The van der Waals surface area contributed by atoms with E-state index >= 15 is 0 Å². The SMILES string of the molecule is O=C(O)c1cn(C2CCS(=O)(=O)C2)nn1. The molecule has 1 N–H and O–H groups in total. The summed E-state index contributed by atoms with van der Waals surface area (Å²) in [7, 11) is -2.99. The molecule has 0 saturated carbocycles. The number of nitrogens with zero attached hydrogens (tertiary/aromatic N) is 3. The molecule has 2 heterocycles. The minimum Gasteiger partial charge on any atom is -0.476 e. The Morgan fingerprint density at radius 1 is 1.60 bits per heavy atom. The molecule has 0 aromatic carbocycles. The third-order valence-electron chi connectivity index (χ3n) is 2.31. The molecule has 8 heteroatoms. The molecule has 1 unspecified atom stereocenters. The smallest absolute Gasteiger partial charge is 0.358 e. The molecule has 0 radical (unpaired) electrons. The fourth-order valence-corrected chi connectivity index (χ4v) is 3.24. The molecule has 0 amide bonds. The number of aromatic nitrogens is 3. The van der Waals surface area contributed by atoms with Crippen molar-refractivity contribution in [3.8, 4) is 0 Å². The Bertz CT molecular complexity index is 492. The zero-order valence-electron chi connectivity index (χ0n) is 7.70. The van der Waals surface area contributed by atoms with E-state index in [9.17, 15) is 13.2 Å². The van der Waals surface area contributed by atoms with Gasteiger partial charge < -0.3 is 5.11 Å². The molecule has 82 valence electrons. The van der Waals surface area contributed by atoms with Crippen LogP contribution in [0.25, 0.3) is 0 Å². The Hall–Kier alpha value is -1.44. The molecule has 0 bridgehead atoms. The van der Waals surface area contributed by atoms with Gasteiger partial charge in [-0.15, -0.1) is 5.10 Å². The van der Waals surface area contributed by atoms with Gasteiger partial charge in [-0.05, 0) is 6.42 Å². The first-order valence-corrected chi connectivity index (χ1v) is 6.15. The van der Waals surface area contributed by atoms with Gasteiger partial charge >= 0.3 is 5.97 Å². The molecule has 15 heavy (non-hydrogen) atoms. The van der Waals surface area contributed by atoms with Crippen molar-refractivity contribution in [2.45, 2.75) is 12.5 Å². The summed E-state index contributed by atoms with van der Waals surface area (Å²) in [6.07, 6.45) is 1.72. The molecule has 7 nitrogen and oxygen atoms in total. The molecule has 1 fully saturated rings. The lowest BCUT2D eigenvalue weighted by Crippen LogP contribution is -2.11. The first-order chi connectivity index (χ1) is 6.98. The van der Waals surface area contributed by atoms with Gasteiger partial charge in [0.15, 0.2) is 15.5 Å². The summed E-state index contributed by atoms with van der Waals surface area (Å²) in [6, 6.07) is -0.282. The van der Waals surface area contributed by atoms with E-state index in [1.807, 2.05) is 0 Å². The first kappa shape index (κ1) is 10.1. The number of hydrogen-bond acceptors (Lipinski definition) is 5. The number of carboxylic acids is 1. The van der Waals surface area contributed by atoms with Crippen LogP contribution in [0.1, 0.15) is 23.0 Å². The number of rotatable bonds is 2. The highest BCUT2D eigenvalue weighted by Crippen LogP contribution is 2.22. The maximum absolute atomic E-state index is 11.2. The van der Waals surface area contributed by atoms with Crippen LogP contribution < -0.4 is 0 Å². The summed E-state index contributed by atoms with van der Waals surface area (Å²) in [4.78, 5) is 10.5. The van der Waals surface area contributed by atoms with E-state index in [0.717, 1.165) is 0 Å². The topological polar surface area (TPSA) is 102 Å². The van der Waals surface area contributed by atoms with Crippen LogP contribution in [0.4, 0.5) is 0 Å². The highest BCUT2D eigenvalue weighted by molar-refractivity contribution is 7.91. The van der Waals surface area contributed by atoms with E-state index in [1.54, 1.807) is 0 Å². The molecule has 1 saturated heterocycles. The highest BCUT2D eigenvalue weighted by Gasteiger charge is 2.30. The van der Waals surface area contributed by atoms with Gasteiger partial charge in [-0.2, -0.15) is 0 Å². The lowest BCUT2D eigenvalue weighted by molar-refractivity contribution is 0.0690. The van der Waals surface area contributed by atoms with Gasteiger partial charge in [-0.3, -0.25) is 0 Å². The minimum atomic E-state index is -2.99. The summed E-state index contributed by atoms with van der Waals surface area (Å²) in [5, 5.41) is 15.6. The number of aromatic carboxylic acids is 1. The summed E-state index contributed by atoms with van der Waals surface area (Å²) < 4.78 is 23.7. The molecule has 1 aromatic heterocycles. The monoisotopic (exact) mass is 231 g/mol. The molecular weight excluding hydrogens is 222 g/mol. The van der Waals surface area contributed by atoms with Crippen molar-refractivity contribution < 1.29 is 18.3 Å². The lowest BCUT2D eigenvalue weighted by atomic mass is 10.3. The summed E-state index contributed by atoms with van der Waals surface area (Å²) in [6.45, 7) is 0. The van der Waals surface area contributed by atoms with E-state index in [-0.39, 0.29) is 23.2 Å². The fourth-order valence-electron chi connectivity index (χ4n) is 1.54. The summed E-state index contributed by atoms with van der Waals surface area (Å²) in [5.41, 5.74) is -0.167. The number of carboxylic acid groups (broad SMARTS) is 1. The van der Waals surface area contributed by atoms with Crippen molar-refractivity contribution in [2.24, 2.45) is 0 Å². The van der Waals surface area contributed by atoms with Crippen LogP contribution >= 0.6 is 0 Å². The largest absolute Gasteiger partial charge is 0.476 e. The molecule has 0 spiro atoms. The quantitative estimate of drug-likeness (QED) is 0.724. The Kier molecular flexibility index (Phi) is 2.22. The molecule has 1 aliphatic heterocycles. The van der Waals surface area contributed by atoms with E-state index in [2.05, 4.69) is 10.3 Å². The van der Waals surface area contributed by atoms with Crippen molar-refractivity contribution in [3.63, 3.8) is 0 Å². The zero-order valence-corrected chi connectivity index (χ0v) is 8.51. The van der Waals surface area contributed by atoms with Crippen molar-refractivity contribution in [1.29, 1.82) is 0 Å². The molecule has 1 aliphatic rings. The minimum absolute atomic E-state index is 0.00934. The van der Waals surface area contributed by atoms with Crippen molar-refractivity contribution in [1.82, 2.24) is 15.0 Å². The van der Waals surface area contributed by atoms with Gasteiger partial charge in [0.05, 0.1) is 23.7 Å². The maximum Gasteiger partial charge on any atom is 0.358 e. The third-order valence-corrected chi connectivity index (χ3v) is 4.06. The van der Waals surface area contributed by atoms with Gasteiger partial charge in [-0.25, -0.2) is 17.9 Å². The second-order valence-corrected chi connectivity index (χ2v) is 5.67. The first-order valence-electron chi connectivity index (χ1n) is 4.33. The highest BCUT2D eigenvalue weighted by atomic mass is 32.2. The van der Waals surface area contributed by atoms with Gasteiger partial charge in [0.25, 0.3) is 0 Å². The Morgan fingerprint density at radius 2 is 2.33 bits per heavy atom. The van der Waals surface area contributed by atoms with E-state index in [1.165, 1.54) is 10.9 Å². The average molecular weight is 231 g/mol. The fraction of sp³-hybridized carbons (Fsp3) is 0.571. The van der Waals surface area contributed by atoms with Crippen LogP contribution in [0, 0.1) is 0 Å². The maximum atomic E-state index is 11.2. The van der Waals surface area contributed by atoms with Crippen LogP contribution in [0.5, 0.6) is 0 Å².